The van der Waals surface area contributed by atoms with Crippen LogP contribution in [0.5, 0.6) is 0 Å². The minimum Gasteiger partial charge on any atom is -0.545 e. The van der Waals surface area contributed by atoms with Gasteiger partial charge in [0.25, 0.3) is 0 Å². The van der Waals surface area contributed by atoms with Crippen LogP contribution in [0.2, 0.25) is 0 Å². The van der Waals surface area contributed by atoms with Crippen molar-refractivity contribution in [2.24, 2.45) is 0 Å². The van der Waals surface area contributed by atoms with Crippen LogP contribution in [0.15, 0.2) is 47.4 Å². The van der Waals surface area contributed by atoms with Crippen LogP contribution in [0.3, 0.4) is 0 Å². The maximum atomic E-state index is 13.2. The summed E-state index contributed by atoms with van der Waals surface area (Å²) in [5, 5.41) is 22.3. The largest absolute Gasteiger partial charge is 0.545 e. The topological polar surface area (TPSA) is 113 Å². The fourth-order valence-electron chi connectivity index (χ4n) is 3.36. The van der Waals surface area contributed by atoms with Gasteiger partial charge in [0, 0.05) is 18.7 Å². The van der Waals surface area contributed by atoms with Gasteiger partial charge in [0.05, 0.1) is 22.2 Å². The molecule has 29 heavy (non-hydrogen) atoms. The van der Waals surface area contributed by atoms with Crippen molar-refractivity contribution in [3.63, 3.8) is 0 Å². The molecule has 0 saturated carbocycles. The number of hydrazine groups is 1. The smallest absolute Gasteiger partial charge is 0.243 e. The molecule has 1 fully saturated rings. The Morgan fingerprint density at radius 2 is 1.76 bits per heavy atom. The molecule has 9 heteroatoms. The number of carbonyl (C=O) groups is 1. The third-order valence-electron chi connectivity index (χ3n) is 4.97. The van der Waals surface area contributed by atoms with Gasteiger partial charge in [-0.3, -0.25) is 10.6 Å². The van der Waals surface area contributed by atoms with Gasteiger partial charge in [-0.25, -0.2) is 8.42 Å². The van der Waals surface area contributed by atoms with E-state index in [2.05, 4.69) is 5.43 Å². The predicted octanol–water partition coefficient (Wildman–Crippen LogP) is 2.15. The summed E-state index contributed by atoms with van der Waals surface area (Å²) < 4.78 is 27.8. The number of carbonyl (C=O) groups excluding carboxylic acids is 1. The number of nitrogens with zero attached hydrogens (tertiary/aromatic N) is 2. The lowest BCUT2D eigenvalue weighted by Gasteiger charge is -2.24. The molecular formula is C20H24N3O5S-. The molecule has 1 saturated heterocycles. The molecule has 0 unspecified atom stereocenters. The summed E-state index contributed by atoms with van der Waals surface area (Å²) in [6.45, 7) is 2.66. The van der Waals surface area contributed by atoms with Crippen LogP contribution in [0.25, 0.3) is 0 Å². The number of carboxylic acids is 1. The number of para-hydroxylation sites is 1. The first-order chi connectivity index (χ1) is 13.8. The van der Waals surface area contributed by atoms with Crippen LogP contribution in [-0.2, 0) is 10.0 Å². The molecular weight excluding hydrogens is 394 g/mol. The van der Waals surface area contributed by atoms with Crippen LogP contribution >= 0.6 is 0 Å². The van der Waals surface area contributed by atoms with Gasteiger partial charge in [0.1, 0.15) is 0 Å². The van der Waals surface area contributed by atoms with Crippen molar-refractivity contribution in [1.29, 1.82) is 0 Å². The first kappa shape index (κ1) is 21.1. The van der Waals surface area contributed by atoms with Gasteiger partial charge in [0.2, 0.25) is 10.0 Å². The van der Waals surface area contributed by atoms with E-state index in [9.17, 15) is 23.5 Å². The third kappa shape index (κ3) is 4.69. The lowest BCUT2D eigenvalue weighted by atomic mass is 10.2. The van der Waals surface area contributed by atoms with Gasteiger partial charge >= 0.3 is 0 Å². The number of benzene rings is 2. The van der Waals surface area contributed by atoms with E-state index >= 15 is 0 Å². The third-order valence-corrected chi connectivity index (χ3v) is 7.01. The summed E-state index contributed by atoms with van der Waals surface area (Å²) in [6, 6.07) is 10.5. The molecule has 2 aromatic carbocycles. The number of anilines is 2. The summed E-state index contributed by atoms with van der Waals surface area (Å²) in [7, 11) is -3.70. The molecule has 0 aliphatic carbocycles. The molecule has 1 heterocycles. The minimum atomic E-state index is -3.70. The summed E-state index contributed by atoms with van der Waals surface area (Å²) in [5.41, 5.74) is 3.28. The van der Waals surface area contributed by atoms with Crippen LogP contribution < -0.4 is 15.7 Å². The average molecular weight is 418 g/mol. The first-order valence-corrected chi connectivity index (χ1v) is 10.9. The fourth-order valence-corrected chi connectivity index (χ4v) is 5.12. The van der Waals surface area contributed by atoms with Crippen LogP contribution in [0.4, 0.5) is 11.4 Å². The van der Waals surface area contributed by atoms with Crippen molar-refractivity contribution in [2.45, 2.75) is 37.5 Å². The van der Waals surface area contributed by atoms with Crippen molar-refractivity contribution in [2.75, 3.05) is 23.7 Å². The first-order valence-electron chi connectivity index (χ1n) is 9.47. The van der Waals surface area contributed by atoms with E-state index in [4.69, 9.17) is 0 Å². The highest BCUT2D eigenvalue weighted by Gasteiger charge is 2.27. The second-order valence-corrected chi connectivity index (χ2v) is 8.93. The lowest BCUT2D eigenvalue weighted by Crippen LogP contribution is -2.33. The molecule has 0 bridgehead atoms. The summed E-state index contributed by atoms with van der Waals surface area (Å²) in [6.07, 6.45) is 3.67. The highest BCUT2D eigenvalue weighted by Crippen LogP contribution is 2.27. The van der Waals surface area contributed by atoms with E-state index in [-0.39, 0.29) is 21.8 Å². The fraction of sp³-hybridized carbons (Fsp3) is 0.350. The summed E-state index contributed by atoms with van der Waals surface area (Å²) in [5.74, 6) is -1.39. The Labute approximate surface area is 170 Å². The Morgan fingerprint density at radius 1 is 1.10 bits per heavy atom. The van der Waals surface area contributed by atoms with E-state index in [1.54, 1.807) is 25.1 Å². The average Bonchev–Trinajstić information content (AvgIpc) is 2.98. The zero-order chi connectivity index (χ0) is 21.0. The maximum absolute atomic E-state index is 13.2. The second-order valence-electron chi connectivity index (χ2n) is 7.02. The molecule has 2 N–H and O–H groups in total. The van der Waals surface area contributed by atoms with Crippen molar-refractivity contribution in [3.05, 3.63) is 53.6 Å². The van der Waals surface area contributed by atoms with Gasteiger partial charge in [-0.15, -0.1) is 0 Å². The van der Waals surface area contributed by atoms with Crippen molar-refractivity contribution in [1.82, 2.24) is 4.31 Å². The summed E-state index contributed by atoms with van der Waals surface area (Å²) >= 11 is 0. The van der Waals surface area contributed by atoms with E-state index < -0.39 is 16.0 Å². The standard InChI is InChI=1S/C20H25N3O5S/c1-15-10-11-16(23(26)21-18-9-5-4-8-17(18)20(24)25)14-19(15)29(27,28)22-12-6-2-3-7-13-22/h4-5,8-11,14,21,26H,2-3,6-7,12-13H2,1H3,(H,24,25)/p-1. The minimum absolute atomic E-state index is 0.117. The number of hydrogen-bond acceptors (Lipinski definition) is 7. The van der Waals surface area contributed by atoms with Crippen molar-refractivity contribution in [3.8, 4) is 0 Å². The number of rotatable bonds is 6. The number of nitrogens with one attached hydrogen (secondary N) is 1. The number of hydrogen-bond donors (Lipinski definition) is 2. The molecule has 0 aromatic heterocycles. The Bertz CT molecular complexity index is 985. The Kier molecular flexibility index (Phi) is 6.41. The molecule has 156 valence electrons. The molecule has 3 rings (SSSR count). The Balaban J connectivity index is 1.89. The van der Waals surface area contributed by atoms with E-state index in [1.807, 2.05) is 0 Å². The molecule has 0 spiro atoms. The quantitative estimate of drug-likeness (QED) is 0.691. The van der Waals surface area contributed by atoms with Gasteiger partial charge in [-0.1, -0.05) is 37.1 Å². The normalized spacial score (nSPS) is 15.5. The molecule has 2 aromatic rings. The van der Waals surface area contributed by atoms with E-state index in [1.165, 1.54) is 28.6 Å². The summed E-state index contributed by atoms with van der Waals surface area (Å²) in [4.78, 5) is 11.4. The van der Waals surface area contributed by atoms with Crippen molar-refractivity contribution >= 4 is 27.4 Å². The van der Waals surface area contributed by atoms with Crippen LogP contribution in [-0.4, -0.2) is 37.0 Å². The lowest BCUT2D eigenvalue weighted by molar-refractivity contribution is -0.254. The Morgan fingerprint density at radius 3 is 2.41 bits per heavy atom. The molecule has 0 radical (unpaired) electrons. The molecule has 1 aliphatic heterocycles. The zero-order valence-corrected chi connectivity index (χ0v) is 17.0. The maximum Gasteiger partial charge on any atom is 0.243 e. The zero-order valence-electron chi connectivity index (χ0n) is 16.2. The van der Waals surface area contributed by atoms with E-state index in [0.29, 0.717) is 23.8 Å². The van der Waals surface area contributed by atoms with Crippen molar-refractivity contribution < 1.29 is 23.5 Å². The number of sulfonamides is 1. The SMILES string of the molecule is Cc1ccc(N(O)Nc2ccccc2C(=O)[O-])cc1S(=O)(=O)N1CCCCCC1. The highest BCUT2D eigenvalue weighted by molar-refractivity contribution is 7.89. The number of aromatic carboxylic acids is 1. The molecule has 1 aliphatic rings. The van der Waals surface area contributed by atoms with Gasteiger partial charge in [-0.2, -0.15) is 9.48 Å². The number of aryl methyl sites for hydroxylation is 1. The number of carboxylic acid groups (broad SMARTS) is 1. The molecule has 0 atom stereocenters. The van der Waals surface area contributed by atoms with Gasteiger partial charge in [0.15, 0.2) is 0 Å². The van der Waals surface area contributed by atoms with Crippen LogP contribution in [0, 0.1) is 6.92 Å². The highest BCUT2D eigenvalue weighted by atomic mass is 32.2. The van der Waals surface area contributed by atoms with Gasteiger partial charge < -0.3 is 9.90 Å². The van der Waals surface area contributed by atoms with E-state index in [0.717, 1.165) is 25.7 Å². The molecule has 8 nitrogen and oxygen atoms in total. The molecule has 0 amide bonds. The predicted molar refractivity (Wildman–Crippen MR) is 107 cm³/mol. The Hall–Kier alpha value is -2.62. The van der Waals surface area contributed by atoms with Crippen LogP contribution in [0.1, 0.15) is 41.6 Å². The monoisotopic (exact) mass is 418 g/mol. The second kappa shape index (κ2) is 8.81. The van der Waals surface area contributed by atoms with Gasteiger partial charge in [-0.05, 0) is 43.5 Å².